The average molecular weight is 308 g/mol. The molecule has 0 aromatic rings. The summed E-state index contributed by atoms with van der Waals surface area (Å²) in [5.41, 5.74) is 0. The molecule has 0 aliphatic carbocycles. The minimum Gasteiger partial charge on any atom is -0.342 e. The van der Waals surface area contributed by atoms with Crippen molar-refractivity contribution in [3.8, 4) is 0 Å². The molecule has 0 radical (unpaired) electrons. The molecule has 1 unspecified atom stereocenters. The Morgan fingerprint density at radius 2 is 1.68 bits per heavy atom. The number of likely N-dealkylation sites (tertiary alicyclic amines) is 1. The molecule has 0 spiro atoms. The fraction of sp³-hybridized carbons (Fsp3) is 0.875. The fourth-order valence-electron chi connectivity index (χ4n) is 3.73. The smallest absolute Gasteiger partial charge is 0.236 e. The molecule has 3 fully saturated rings. The Balaban J connectivity index is 1.46. The van der Waals surface area contributed by atoms with Crippen LogP contribution in [0.15, 0.2) is 0 Å². The molecule has 3 aliphatic rings. The molecule has 3 aliphatic heterocycles. The lowest BCUT2D eigenvalue weighted by Gasteiger charge is -2.25. The van der Waals surface area contributed by atoms with E-state index in [1.54, 1.807) is 0 Å². The van der Waals surface area contributed by atoms with Crippen LogP contribution in [-0.4, -0.2) is 85.4 Å². The highest BCUT2D eigenvalue weighted by Gasteiger charge is 2.29. The Morgan fingerprint density at radius 3 is 2.41 bits per heavy atom. The van der Waals surface area contributed by atoms with Crippen LogP contribution < -0.4 is 5.32 Å². The maximum Gasteiger partial charge on any atom is 0.236 e. The fourth-order valence-corrected chi connectivity index (χ4v) is 3.73. The zero-order valence-corrected chi connectivity index (χ0v) is 13.4. The molecule has 0 aromatic carbocycles. The first-order valence-electron chi connectivity index (χ1n) is 8.73. The summed E-state index contributed by atoms with van der Waals surface area (Å²) >= 11 is 0. The van der Waals surface area contributed by atoms with E-state index in [2.05, 4.69) is 10.2 Å². The number of nitrogens with one attached hydrogen (secondary N) is 1. The average Bonchev–Trinajstić information content (AvgIpc) is 3.18. The van der Waals surface area contributed by atoms with Gasteiger partial charge in [-0.25, -0.2) is 0 Å². The van der Waals surface area contributed by atoms with Crippen molar-refractivity contribution in [1.29, 1.82) is 0 Å². The highest BCUT2D eigenvalue weighted by atomic mass is 16.2. The molecule has 1 atom stereocenters. The van der Waals surface area contributed by atoms with Gasteiger partial charge >= 0.3 is 0 Å². The molecular formula is C16H28N4O2. The van der Waals surface area contributed by atoms with Crippen LogP contribution in [0.5, 0.6) is 0 Å². The SMILES string of the molecule is O=C(CN1CCCN(C(=O)C2CCNC2)CC1)N1CCCC1. The van der Waals surface area contributed by atoms with E-state index in [9.17, 15) is 9.59 Å². The summed E-state index contributed by atoms with van der Waals surface area (Å²) < 4.78 is 0. The Kier molecular flexibility index (Phi) is 5.31. The Morgan fingerprint density at radius 1 is 0.909 bits per heavy atom. The summed E-state index contributed by atoms with van der Waals surface area (Å²) in [5, 5.41) is 3.27. The number of hydrogen-bond acceptors (Lipinski definition) is 4. The predicted molar refractivity (Wildman–Crippen MR) is 84.4 cm³/mol. The van der Waals surface area contributed by atoms with Crippen molar-refractivity contribution < 1.29 is 9.59 Å². The molecule has 6 nitrogen and oxygen atoms in total. The standard InChI is InChI=1S/C16H28N4O2/c21-15(19-7-1-2-8-19)13-18-6-3-9-20(11-10-18)16(22)14-4-5-17-12-14/h14,17H,1-13H2. The lowest BCUT2D eigenvalue weighted by Crippen LogP contribution is -2.42. The second kappa shape index (κ2) is 7.42. The first-order valence-corrected chi connectivity index (χ1v) is 8.73. The number of carbonyl (C=O) groups excluding carboxylic acids is 2. The van der Waals surface area contributed by atoms with E-state index in [1.807, 2.05) is 9.80 Å². The first-order chi connectivity index (χ1) is 10.7. The maximum atomic E-state index is 12.5. The zero-order chi connectivity index (χ0) is 15.4. The molecule has 22 heavy (non-hydrogen) atoms. The molecule has 0 aromatic heterocycles. The van der Waals surface area contributed by atoms with Gasteiger partial charge in [-0.2, -0.15) is 0 Å². The quantitative estimate of drug-likeness (QED) is 0.781. The molecule has 0 saturated carbocycles. The lowest BCUT2D eigenvalue weighted by atomic mass is 10.1. The van der Waals surface area contributed by atoms with Crippen molar-refractivity contribution >= 4 is 11.8 Å². The van der Waals surface area contributed by atoms with Crippen LogP contribution in [0.25, 0.3) is 0 Å². The number of hydrogen-bond donors (Lipinski definition) is 1. The van der Waals surface area contributed by atoms with Gasteiger partial charge in [-0.1, -0.05) is 0 Å². The molecule has 3 saturated heterocycles. The molecular weight excluding hydrogens is 280 g/mol. The van der Waals surface area contributed by atoms with E-state index in [0.717, 1.165) is 78.0 Å². The maximum absolute atomic E-state index is 12.5. The Labute approximate surface area is 132 Å². The largest absolute Gasteiger partial charge is 0.342 e. The molecule has 3 heterocycles. The van der Waals surface area contributed by atoms with Crippen LogP contribution in [0.2, 0.25) is 0 Å². The highest BCUT2D eigenvalue weighted by Crippen LogP contribution is 2.14. The summed E-state index contributed by atoms with van der Waals surface area (Å²) in [5.74, 6) is 0.729. The van der Waals surface area contributed by atoms with E-state index < -0.39 is 0 Å². The molecule has 0 bridgehead atoms. The highest BCUT2D eigenvalue weighted by molar-refractivity contribution is 5.80. The van der Waals surface area contributed by atoms with Gasteiger partial charge in [0.05, 0.1) is 12.5 Å². The van der Waals surface area contributed by atoms with Crippen LogP contribution in [0.4, 0.5) is 0 Å². The van der Waals surface area contributed by atoms with Crippen LogP contribution in [-0.2, 0) is 9.59 Å². The first kappa shape index (κ1) is 15.7. The Bertz CT molecular complexity index is 403. The van der Waals surface area contributed by atoms with Crippen molar-refractivity contribution in [3.05, 3.63) is 0 Å². The van der Waals surface area contributed by atoms with E-state index in [4.69, 9.17) is 0 Å². The van der Waals surface area contributed by atoms with Crippen LogP contribution in [0.1, 0.15) is 25.7 Å². The number of rotatable bonds is 3. The number of carbonyl (C=O) groups is 2. The van der Waals surface area contributed by atoms with Crippen molar-refractivity contribution in [2.24, 2.45) is 5.92 Å². The van der Waals surface area contributed by atoms with Gasteiger partial charge in [-0.05, 0) is 32.2 Å². The second-order valence-corrected chi connectivity index (χ2v) is 6.73. The molecule has 3 rings (SSSR count). The van der Waals surface area contributed by atoms with Crippen molar-refractivity contribution in [2.75, 3.05) is 58.9 Å². The van der Waals surface area contributed by atoms with E-state index in [1.165, 1.54) is 0 Å². The minimum atomic E-state index is 0.165. The van der Waals surface area contributed by atoms with E-state index in [-0.39, 0.29) is 11.8 Å². The lowest BCUT2D eigenvalue weighted by molar-refractivity contribution is -0.134. The van der Waals surface area contributed by atoms with Crippen LogP contribution >= 0.6 is 0 Å². The van der Waals surface area contributed by atoms with E-state index in [0.29, 0.717) is 12.5 Å². The molecule has 2 amide bonds. The third-order valence-electron chi connectivity index (χ3n) is 5.13. The van der Waals surface area contributed by atoms with Crippen LogP contribution in [0.3, 0.4) is 0 Å². The Hall–Kier alpha value is -1.14. The predicted octanol–water partition coefficient (Wildman–Crippen LogP) is -0.247. The van der Waals surface area contributed by atoms with Gasteiger partial charge in [0.1, 0.15) is 0 Å². The zero-order valence-electron chi connectivity index (χ0n) is 13.4. The van der Waals surface area contributed by atoms with Gasteiger partial charge in [0.2, 0.25) is 11.8 Å². The minimum absolute atomic E-state index is 0.165. The third-order valence-corrected chi connectivity index (χ3v) is 5.13. The summed E-state index contributed by atoms with van der Waals surface area (Å²) in [6.07, 6.45) is 4.22. The second-order valence-electron chi connectivity index (χ2n) is 6.73. The normalized spacial score (nSPS) is 27.2. The summed E-state index contributed by atoms with van der Waals surface area (Å²) in [6, 6.07) is 0. The van der Waals surface area contributed by atoms with Gasteiger partial charge in [0, 0.05) is 45.8 Å². The third kappa shape index (κ3) is 3.79. The number of amides is 2. The topological polar surface area (TPSA) is 55.9 Å². The summed E-state index contributed by atoms with van der Waals surface area (Å²) in [4.78, 5) is 30.9. The van der Waals surface area contributed by atoms with Gasteiger partial charge in [-0.3, -0.25) is 14.5 Å². The van der Waals surface area contributed by atoms with Gasteiger partial charge in [-0.15, -0.1) is 0 Å². The number of nitrogens with zero attached hydrogens (tertiary/aromatic N) is 3. The van der Waals surface area contributed by atoms with Gasteiger partial charge in [0.25, 0.3) is 0 Å². The van der Waals surface area contributed by atoms with Crippen molar-refractivity contribution in [1.82, 2.24) is 20.0 Å². The molecule has 1 N–H and O–H groups in total. The monoisotopic (exact) mass is 308 g/mol. The van der Waals surface area contributed by atoms with Crippen molar-refractivity contribution in [3.63, 3.8) is 0 Å². The molecule has 6 heteroatoms. The summed E-state index contributed by atoms with van der Waals surface area (Å²) in [6.45, 7) is 7.50. The van der Waals surface area contributed by atoms with E-state index >= 15 is 0 Å². The van der Waals surface area contributed by atoms with Gasteiger partial charge in [0.15, 0.2) is 0 Å². The van der Waals surface area contributed by atoms with Crippen LogP contribution in [0, 0.1) is 5.92 Å². The van der Waals surface area contributed by atoms with Crippen molar-refractivity contribution in [2.45, 2.75) is 25.7 Å². The molecule has 124 valence electrons. The van der Waals surface area contributed by atoms with Gasteiger partial charge < -0.3 is 15.1 Å². The summed E-state index contributed by atoms with van der Waals surface area (Å²) in [7, 11) is 0.